The monoisotopic (exact) mass is 325 g/mol. The third-order valence-electron chi connectivity index (χ3n) is 3.84. The zero-order valence-corrected chi connectivity index (χ0v) is 12.7. The van der Waals surface area contributed by atoms with E-state index in [2.05, 4.69) is 26.2 Å². The highest BCUT2D eigenvalue weighted by molar-refractivity contribution is 9.10. The number of pyridine rings is 1. The van der Waals surface area contributed by atoms with Crippen molar-refractivity contribution in [3.8, 4) is 0 Å². The van der Waals surface area contributed by atoms with E-state index in [4.69, 9.17) is 5.73 Å². The number of hydrogen-bond donors (Lipinski definition) is 2. The smallest absolute Gasteiger partial charge is 0.228 e. The van der Waals surface area contributed by atoms with E-state index in [9.17, 15) is 4.79 Å². The number of halogens is 1. The average molecular weight is 326 g/mol. The van der Waals surface area contributed by atoms with Crippen molar-refractivity contribution < 1.29 is 4.79 Å². The molecule has 1 amide bonds. The van der Waals surface area contributed by atoms with Crippen LogP contribution in [0.3, 0.4) is 0 Å². The van der Waals surface area contributed by atoms with E-state index in [0.29, 0.717) is 18.3 Å². The highest BCUT2D eigenvalue weighted by atomic mass is 79.9. The molecule has 0 spiro atoms. The summed E-state index contributed by atoms with van der Waals surface area (Å²) in [7, 11) is 0. The molecule has 0 aromatic carbocycles. The quantitative estimate of drug-likeness (QED) is 0.897. The Labute approximate surface area is 122 Å². The molecule has 2 atom stereocenters. The molecular formula is C14H20BrN3O. The number of aryl methyl sites for hydroxylation is 1. The Morgan fingerprint density at radius 1 is 1.53 bits per heavy atom. The molecule has 1 aromatic heterocycles. The first kappa shape index (κ1) is 14.5. The van der Waals surface area contributed by atoms with Gasteiger partial charge >= 0.3 is 0 Å². The fraction of sp³-hybridized carbons (Fsp3) is 0.571. The van der Waals surface area contributed by atoms with Gasteiger partial charge in [0.15, 0.2) is 0 Å². The number of hydrogen-bond acceptors (Lipinski definition) is 3. The fourth-order valence-corrected chi connectivity index (χ4v) is 3.16. The molecule has 2 rings (SSSR count). The number of rotatable bonds is 3. The molecule has 1 saturated carbocycles. The molecule has 5 heteroatoms. The molecule has 1 aliphatic rings. The van der Waals surface area contributed by atoms with Gasteiger partial charge in [-0.2, -0.15) is 0 Å². The van der Waals surface area contributed by atoms with Gasteiger partial charge in [-0.3, -0.25) is 4.79 Å². The van der Waals surface area contributed by atoms with Crippen LogP contribution in [0.1, 0.15) is 31.2 Å². The maximum atomic E-state index is 12.4. The second-order valence-electron chi connectivity index (χ2n) is 5.20. The van der Waals surface area contributed by atoms with Gasteiger partial charge in [-0.05, 0) is 59.8 Å². The lowest BCUT2D eigenvalue weighted by Crippen LogP contribution is -2.36. The molecule has 4 nitrogen and oxygen atoms in total. The summed E-state index contributed by atoms with van der Waals surface area (Å²) in [5, 5.41) is 2.94. The van der Waals surface area contributed by atoms with Crippen molar-refractivity contribution in [1.29, 1.82) is 0 Å². The van der Waals surface area contributed by atoms with Gasteiger partial charge in [-0.1, -0.05) is 12.8 Å². The molecule has 1 aromatic rings. The SMILES string of the molecule is Cc1cc(Br)cnc1NC(=O)C1CCCCC1CN. The Hall–Kier alpha value is -0.940. The van der Waals surface area contributed by atoms with Crippen LogP contribution in [0.2, 0.25) is 0 Å². The minimum absolute atomic E-state index is 0.0311. The molecule has 0 saturated heterocycles. The third kappa shape index (κ3) is 3.54. The third-order valence-corrected chi connectivity index (χ3v) is 4.27. The number of nitrogens with zero attached hydrogens (tertiary/aromatic N) is 1. The van der Waals surface area contributed by atoms with Crippen LogP contribution in [0.5, 0.6) is 0 Å². The summed E-state index contributed by atoms with van der Waals surface area (Å²) in [4.78, 5) is 16.6. The van der Waals surface area contributed by atoms with Crippen molar-refractivity contribution in [3.05, 3.63) is 22.3 Å². The number of anilines is 1. The first-order valence-electron chi connectivity index (χ1n) is 6.75. The summed E-state index contributed by atoms with van der Waals surface area (Å²) in [6, 6.07) is 1.95. The molecule has 19 heavy (non-hydrogen) atoms. The summed E-state index contributed by atoms with van der Waals surface area (Å²) >= 11 is 3.37. The van der Waals surface area contributed by atoms with E-state index in [1.165, 1.54) is 6.42 Å². The first-order chi connectivity index (χ1) is 9.11. The zero-order chi connectivity index (χ0) is 13.8. The predicted octanol–water partition coefficient (Wildman–Crippen LogP) is 2.86. The van der Waals surface area contributed by atoms with Gasteiger partial charge in [0.2, 0.25) is 5.91 Å². The van der Waals surface area contributed by atoms with Crippen LogP contribution in [-0.2, 0) is 4.79 Å². The van der Waals surface area contributed by atoms with Gasteiger partial charge in [-0.15, -0.1) is 0 Å². The van der Waals surface area contributed by atoms with E-state index in [1.54, 1.807) is 6.20 Å². The lowest BCUT2D eigenvalue weighted by Gasteiger charge is -2.29. The number of nitrogens with one attached hydrogen (secondary N) is 1. The van der Waals surface area contributed by atoms with Gasteiger partial charge < -0.3 is 11.1 Å². The minimum atomic E-state index is 0.0311. The van der Waals surface area contributed by atoms with E-state index in [0.717, 1.165) is 29.3 Å². The van der Waals surface area contributed by atoms with Crippen LogP contribution in [0.4, 0.5) is 5.82 Å². The minimum Gasteiger partial charge on any atom is -0.330 e. The molecular weight excluding hydrogens is 306 g/mol. The van der Waals surface area contributed by atoms with Gasteiger partial charge in [0.05, 0.1) is 0 Å². The van der Waals surface area contributed by atoms with Crippen LogP contribution in [-0.4, -0.2) is 17.4 Å². The molecule has 1 fully saturated rings. The summed E-state index contributed by atoms with van der Waals surface area (Å²) in [5.41, 5.74) is 6.73. The molecule has 2 unspecified atom stereocenters. The Balaban J connectivity index is 2.07. The predicted molar refractivity (Wildman–Crippen MR) is 79.8 cm³/mol. The van der Waals surface area contributed by atoms with Crippen molar-refractivity contribution in [2.24, 2.45) is 17.6 Å². The normalized spacial score (nSPS) is 23.1. The maximum Gasteiger partial charge on any atom is 0.228 e. The van der Waals surface area contributed by atoms with Gasteiger partial charge in [0.1, 0.15) is 5.82 Å². The molecule has 104 valence electrons. The van der Waals surface area contributed by atoms with Gasteiger partial charge in [0.25, 0.3) is 0 Å². The number of aromatic nitrogens is 1. The Morgan fingerprint density at radius 2 is 2.26 bits per heavy atom. The number of nitrogens with two attached hydrogens (primary N) is 1. The number of carbonyl (C=O) groups is 1. The maximum absolute atomic E-state index is 12.4. The molecule has 0 radical (unpaired) electrons. The number of carbonyl (C=O) groups excluding carboxylic acids is 1. The standard InChI is InChI=1S/C14H20BrN3O/c1-9-6-11(15)8-17-13(9)18-14(19)12-5-3-2-4-10(12)7-16/h6,8,10,12H,2-5,7,16H2,1H3,(H,17,18,19). The Kier molecular flexibility index (Phi) is 4.93. The van der Waals surface area contributed by atoms with Crippen molar-refractivity contribution >= 4 is 27.7 Å². The van der Waals surface area contributed by atoms with Gasteiger partial charge in [-0.25, -0.2) is 4.98 Å². The zero-order valence-electron chi connectivity index (χ0n) is 11.2. The topological polar surface area (TPSA) is 68.0 Å². The van der Waals surface area contributed by atoms with E-state index < -0.39 is 0 Å². The van der Waals surface area contributed by atoms with Crippen LogP contribution in [0.25, 0.3) is 0 Å². The van der Waals surface area contributed by atoms with Crippen molar-refractivity contribution in [1.82, 2.24) is 4.98 Å². The lowest BCUT2D eigenvalue weighted by molar-refractivity contribution is -0.122. The second-order valence-corrected chi connectivity index (χ2v) is 6.11. The van der Waals surface area contributed by atoms with E-state index in [-0.39, 0.29) is 11.8 Å². The van der Waals surface area contributed by atoms with Crippen LogP contribution < -0.4 is 11.1 Å². The van der Waals surface area contributed by atoms with Crippen molar-refractivity contribution in [3.63, 3.8) is 0 Å². The molecule has 1 aliphatic carbocycles. The molecule has 0 bridgehead atoms. The Bertz CT molecular complexity index is 464. The van der Waals surface area contributed by atoms with E-state index >= 15 is 0 Å². The van der Waals surface area contributed by atoms with Crippen molar-refractivity contribution in [2.45, 2.75) is 32.6 Å². The van der Waals surface area contributed by atoms with Crippen LogP contribution in [0.15, 0.2) is 16.7 Å². The van der Waals surface area contributed by atoms with Gasteiger partial charge in [0, 0.05) is 16.6 Å². The summed E-state index contributed by atoms with van der Waals surface area (Å²) in [6.07, 6.45) is 5.98. The number of amides is 1. The summed E-state index contributed by atoms with van der Waals surface area (Å²) < 4.78 is 0.917. The second kappa shape index (κ2) is 6.48. The highest BCUT2D eigenvalue weighted by Crippen LogP contribution is 2.30. The lowest BCUT2D eigenvalue weighted by atomic mass is 9.79. The average Bonchev–Trinajstić information content (AvgIpc) is 2.41. The van der Waals surface area contributed by atoms with E-state index in [1.807, 2.05) is 13.0 Å². The molecule has 0 aliphatic heterocycles. The van der Waals surface area contributed by atoms with Crippen LogP contribution in [0, 0.1) is 18.8 Å². The van der Waals surface area contributed by atoms with Crippen molar-refractivity contribution in [2.75, 3.05) is 11.9 Å². The highest BCUT2D eigenvalue weighted by Gasteiger charge is 2.30. The first-order valence-corrected chi connectivity index (χ1v) is 7.54. The Morgan fingerprint density at radius 3 is 2.95 bits per heavy atom. The summed E-state index contributed by atoms with van der Waals surface area (Å²) in [6.45, 7) is 2.53. The fourth-order valence-electron chi connectivity index (χ4n) is 2.72. The van der Waals surface area contributed by atoms with Crippen LogP contribution >= 0.6 is 15.9 Å². The molecule has 1 heterocycles. The largest absolute Gasteiger partial charge is 0.330 e. The summed E-state index contributed by atoms with van der Waals surface area (Å²) in [5.74, 6) is 1.05. The molecule has 3 N–H and O–H groups in total.